The third kappa shape index (κ3) is 8.27. The van der Waals surface area contributed by atoms with Gasteiger partial charge < -0.3 is 24.4 Å². The minimum atomic E-state index is -4.26. The average molecular weight is 638 g/mol. The third-order valence-corrected chi connectivity index (χ3v) is 9.89. The Balaban J connectivity index is 1.71. The molecule has 1 fully saturated rings. The summed E-state index contributed by atoms with van der Waals surface area (Å²) in [5, 5.41) is 3.16. The Bertz CT molecular complexity index is 1530. The van der Waals surface area contributed by atoms with E-state index in [1.165, 1.54) is 37.3 Å². The van der Waals surface area contributed by atoms with Crippen LogP contribution in [0.1, 0.15) is 51.0 Å². The quantitative estimate of drug-likeness (QED) is 0.260. The van der Waals surface area contributed by atoms with Crippen molar-refractivity contribution in [3.05, 3.63) is 78.4 Å². The molecule has 0 heterocycles. The molecule has 3 aromatic rings. The van der Waals surface area contributed by atoms with E-state index in [1.807, 2.05) is 19.1 Å². The highest BCUT2D eigenvalue weighted by Gasteiger charge is 2.34. The van der Waals surface area contributed by atoms with Crippen LogP contribution in [0.4, 0.5) is 5.69 Å². The van der Waals surface area contributed by atoms with Gasteiger partial charge in [0.2, 0.25) is 11.8 Å². The lowest BCUT2D eigenvalue weighted by atomic mass is 9.95. The van der Waals surface area contributed by atoms with E-state index in [-0.39, 0.29) is 29.1 Å². The van der Waals surface area contributed by atoms with Crippen LogP contribution in [0.2, 0.25) is 0 Å². The Morgan fingerprint density at radius 3 is 2.13 bits per heavy atom. The molecule has 1 atom stereocenters. The summed E-state index contributed by atoms with van der Waals surface area (Å²) < 4.78 is 45.4. The van der Waals surface area contributed by atoms with Crippen LogP contribution >= 0.6 is 0 Å². The van der Waals surface area contributed by atoms with E-state index in [1.54, 1.807) is 49.6 Å². The number of carbonyl (C=O) groups is 2. The summed E-state index contributed by atoms with van der Waals surface area (Å²) in [6.07, 6.45) is 5.41. The standard InChI is InChI=1S/C34H43N3O7S/c1-5-30(34(39)35-26-12-8-6-9-13-26)36(23-25-16-18-28(42-2)19-17-25)33(38)24-37(27-14-10-7-11-15-27)45(40,41)29-20-21-31(43-3)32(22-29)44-4/h7,10-11,14-22,26,30H,5-6,8-9,12-13,23-24H2,1-4H3,(H,35,39)/t30-/m0/s1. The van der Waals surface area contributed by atoms with Gasteiger partial charge in [0.1, 0.15) is 18.3 Å². The van der Waals surface area contributed by atoms with E-state index in [2.05, 4.69) is 5.32 Å². The number of sulfonamides is 1. The molecule has 0 unspecified atom stereocenters. The van der Waals surface area contributed by atoms with Gasteiger partial charge in [0.05, 0.1) is 31.9 Å². The van der Waals surface area contributed by atoms with Gasteiger partial charge in [-0.25, -0.2) is 8.42 Å². The summed E-state index contributed by atoms with van der Waals surface area (Å²) in [6.45, 7) is 1.44. The first-order valence-corrected chi connectivity index (χ1v) is 16.7. The predicted octanol–water partition coefficient (Wildman–Crippen LogP) is 5.16. The highest BCUT2D eigenvalue weighted by atomic mass is 32.2. The molecule has 2 amide bonds. The topological polar surface area (TPSA) is 114 Å². The fourth-order valence-corrected chi connectivity index (χ4v) is 7.05. The fourth-order valence-electron chi connectivity index (χ4n) is 5.62. The lowest BCUT2D eigenvalue weighted by Crippen LogP contribution is -2.54. The maximum Gasteiger partial charge on any atom is 0.264 e. The molecule has 0 aromatic heterocycles. The highest BCUT2D eigenvalue weighted by molar-refractivity contribution is 7.92. The first-order valence-electron chi connectivity index (χ1n) is 15.2. The molecule has 1 N–H and O–H groups in total. The molecule has 0 bridgehead atoms. The lowest BCUT2D eigenvalue weighted by molar-refractivity contribution is -0.140. The summed E-state index contributed by atoms with van der Waals surface area (Å²) in [7, 11) is 0.199. The number of nitrogens with zero attached hydrogens (tertiary/aromatic N) is 2. The molecule has 242 valence electrons. The summed E-state index contributed by atoms with van der Waals surface area (Å²) >= 11 is 0. The second-order valence-corrected chi connectivity index (χ2v) is 12.9. The molecular formula is C34H43N3O7S. The van der Waals surface area contributed by atoms with Crippen molar-refractivity contribution in [3.8, 4) is 17.2 Å². The van der Waals surface area contributed by atoms with Crippen molar-refractivity contribution < 1.29 is 32.2 Å². The molecule has 1 aliphatic rings. The van der Waals surface area contributed by atoms with E-state index < -0.39 is 28.5 Å². The third-order valence-electron chi connectivity index (χ3n) is 8.12. The van der Waals surface area contributed by atoms with Crippen molar-refractivity contribution in [1.29, 1.82) is 0 Å². The molecule has 1 aliphatic carbocycles. The van der Waals surface area contributed by atoms with Gasteiger partial charge >= 0.3 is 0 Å². The number of rotatable bonds is 14. The molecule has 45 heavy (non-hydrogen) atoms. The van der Waals surface area contributed by atoms with Gasteiger partial charge in [0.25, 0.3) is 10.0 Å². The number of hydrogen-bond acceptors (Lipinski definition) is 7. The van der Waals surface area contributed by atoms with Crippen LogP contribution in [0.3, 0.4) is 0 Å². The number of methoxy groups -OCH3 is 3. The molecule has 4 rings (SSSR count). The van der Waals surface area contributed by atoms with Crippen molar-refractivity contribution in [3.63, 3.8) is 0 Å². The Morgan fingerprint density at radius 2 is 1.53 bits per heavy atom. The number of carbonyl (C=O) groups excluding carboxylic acids is 2. The largest absolute Gasteiger partial charge is 0.497 e. The Morgan fingerprint density at radius 1 is 0.867 bits per heavy atom. The van der Waals surface area contributed by atoms with E-state index in [9.17, 15) is 18.0 Å². The first kappa shape index (κ1) is 33.6. The molecule has 11 heteroatoms. The zero-order valence-electron chi connectivity index (χ0n) is 26.4. The SMILES string of the molecule is CC[C@@H](C(=O)NC1CCCCC1)N(Cc1ccc(OC)cc1)C(=O)CN(c1ccccc1)S(=O)(=O)c1ccc(OC)c(OC)c1. The zero-order chi connectivity index (χ0) is 32.4. The van der Waals surface area contributed by atoms with Gasteiger partial charge in [-0.3, -0.25) is 13.9 Å². The van der Waals surface area contributed by atoms with Crippen LogP contribution in [0, 0.1) is 0 Å². The molecular weight excluding hydrogens is 594 g/mol. The summed E-state index contributed by atoms with van der Waals surface area (Å²) in [6, 6.07) is 19.2. The molecule has 0 spiro atoms. The predicted molar refractivity (Wildman–Crippen MR) is 173 cm³/mol. The van der Waals surface area contributed by atoms with Gasteiger partial charge in [-0.1, -0.05) is 56.5 Å². The normalized spacial score (nSPS) is 14.2. The Kier molecular flexibility index (Phi) is 11.7. The number of nitrogens with one attached hydrogen (secondary N) is 1. The Labute approximate surface area is 266 Å². The van der Waals surface area contributed by atoms with Crippen molar-refractivity contribution >= 4 is 27.5 Å². The van der Waals surface area contributed by atoms with Crippen LogP contribution in [0.5, 0.6) is 17.2 Å². The van der Waals surface area contributed by atoms with Gasteiger partial charge in [-0.15, -0.1) is 0 Å². The molecule has 1 saturated carbocycles. The number of hydrogen-bond donors (Lipinski definition) is 1. The van der Waals surface area contributed by atoms with E-state index in [4.69, 9.17) is 14.2 Å². The van der Waals surface area contributed by atoms with Gasteiger partial charge in [0, 0.05) is 18.7 Å². The molecule has 10 nitrogen and oxygen atoms in total. The zero-order valence-corrected chi connectivity index (χ0v) is 27.2. The lowest BCUT2D eigenvalue weighted by Gasteiger charge is -2.34. The smallest absolute Gasteiger partial charge is 0.264 e. The van der Waals surface area contributed by atoms with Crippen LogP contribution in [-0.4, -0.2) is 65.1 Å². The van der Waals surface area contributed by atoms with Crippen molar-refractivity contribution in [2.45, 2.75) is 69.0 Å². The maximum absolute atomic E-state index is 14.3. The first-order chi connectivity index (χ1) is 21.7. The monoisotopic (exact) mass is 637 g/mol. The second-order valence-electron chi connectivity index (χ2n) is 11.0. The molecule has 0 radical (unpaired) electrons. The van der Waals surface area contributed by atoms with Gasteiger partial charge in [0.15, 0.2) is 11.5 Å². The minimum absolute atomic E-state index is 0.0597. The van der Waals surface area contributed by atoms with Gasteiger partial charge in [-0.2, -0.15) is 0 Å². The maximum atomic E-state index is 14.3. The number of benzene rings is 3. The molecule has 0 aliphatic heterocycles. The molecule has 3 aromatic carbocycles. The average Bonchev–Trinajstić information content (AvgIpc) is 3.07. The van der Waals surface area contributed by atoms with Crippen LogP contribution < -0.4 is 23.8 Å². The van der Waals surface area contributed by atoms with E-state index in [0.717, 1.165) is 42.0 Å². The molecule has 0 saturated heterocycles. The summed E-state index contributed by atoms with van der Waals surface area (Å²) in [5.74, 6) is 0.531. The summed E-state index contributed by atoms with van der Waals surface area (Å²) in [4.78, 5) is 29.4. The number of amides is 2. The summed E-state index contributed by atoms with van der Waals surface area (Å²) in [5.41, 5.74) is 1.09. The Hall–Kier alpha value is -4.25. The number of anilines is 1. The fraction of sp³-hybridized carbons (Fsp3) is 0.412. The highest BCUT2D eigenvalue weighted by Crippen LogP contribution is 2.32. The van der Waals surface area contributed by atoms with Crippen LogP contribution in [0.15, 0.2) is 77.7 Å². The van der Waals surface area contributed by atoms with Crippen molar-refractivity contribution in [2.24, 2.45) is 0 Å². The van der Waals surface area contributed by atoms with E-state index in [0.29, 0.717) is 23.6 Å². The van der Waals surface area contributed by atoms with Crippen molar-refractivity contribution in [1.82, 2.24) is 10.2 Å². The van der Waals surface area contributed by atoms with Crippen LogP contribution in [0.25, 0.3) is 0 Å². The van der Waals surface area contributed by atoms with Gasteiger partial charge in [-0.05, 0) is 61.2 Å². The number of ether oxygens (including phenoxy) is 3. The van der Waals surface area contributed by atoms with Crippen LogP contribution in [-0.2, 0) is 26.2 Å². The van der Waals surface area contributed by atoms with E-state index >= 15 is 0 Å². The number of para-hydroxylation sites is 1. The van der Waals surface area contributed by atoms with Crippen molar-refractivity contribution in [2.75, 3.05) is 32.2 Å². The minimum Gasteiger partial charge on any atom is -0.497 e. The second kappa shape index (κ2) is 15.7.